The molecule has 1 N–H and O–H groups in total. The van der Waals surface area contributed by atoms with E-state index in [1.165, 1.54) is 14.0 Å². The van der Waals surface area contributed by atoms with Crippen LogP contribution in [-0.2, 0) is 16.0 Å². The number of esters is 1. The second-order valence-corrected chi connectivity index (χ2v) is 5.39. The summed E-state index contributed by atoms with van der Waals surface area (Å²) in [5.41, 5.74) is 1.08. The van der Waals surface area contributed by atoms with Gasteiger partial charge < -0.3 is 14.8 Å². The number of anilines is 1. The van der Waals surface area contributed by atoms with Crippen LogP contribution in [0.4, 0.5) is 5.69 Å². The predicted molar refractivity (Wildman–Crippen MR) is 85.8 cm³/mol. The van der Waals surface area contributed by atoms with E-state index in [9.17, 15) is 9.59 Å². The summed E-state index contributed by atoms with van der Waals surface area (Å²) in [6, 6.07) is 6.99. The average Bonchev–Trinajstić information content (AvgIpc) is 3.04. The molecule has 23 heavy (non-hydrogen) atoms. The van der Waals surface area contributed by atoms with Crippen molar-refractivity contribution in [3.8, 4) is 5.75 Å². The zero-order chi connectivity index (χ0) is 16.8. The second-order valence-electron chi connectivity index (χ2n) is 4.64. The number of methoxy groups -OCH3 is 1. The van der Waals surface area contributed by atoms with Gasteiger partial charge in [-0.05, 0) is 37.0 Å². The van der Waals surface area contributed by atoms with E-state index in [2.05, 4.69) is 14.9 Å². The van der Waals surface area contributed by atoms with E-state index in [1.807, 2.05) is 6.92 Å². The zero-order valence-electron chi connectivity index (χ0n) is 13.0. The lowest BCUT2D eigenvalue weighted by Gasteiger charge is -2.14. The number of rotatable bonds is 6. The summed E-state index contributed by atoms with van der Waals surface area (Å²) in [4.78, 5) is 24.6. The van der Waals surface area contributed by atoms with Crippen molar-refractivity contribution >= 4 is 29.1 Å². The number of benzene rings is 1. The minimum Gasteiger partial charge on any atom is -0.495 e. The molecular formula is C15H17N3O4S. The zero-order valence-corrected chi connectivity index (χ0v) is 13.8. The van der Waals surface area contributed by atoms with Crippen LogP contribution in [0.2, 0.25) is 0 Å². The molecule has 0 unspecified atom stereocenters. The lowest BCUT2D eigenvalue weighted by molar-refractivity contribution is -0.123. The summed E-state index contributed by atoms with van der Waals surface area (Å²) in [5, 5.41) is 6.52. The number of para-hydroxylation sites is 2. The molecule has 0 aliphatic carbocycles. The number of aryl methyl sites for hydroxylation is 1. The van der Waals surface area contributed by atoms with E-state index in [1.54, 1.807) is 24.3 Å². The standard InChI is InChI=1S/C15H17N3O4S/c1-4-10-13(23-18-17-10)15(20)22-9(2)14(19)16-11-7-5-6-8-12(11)21-3/h5-9H,4H2,1-3H3,(H,16,19)/t9-/m1/s1. The lowest BCUT2D eigenvalue weighted by atomic mass is 10.2. The van der Waals surface area contributed by atoms with Gasteiger partial charge in [0.1, 0.15) is 5.75 Å². The minimum absolute atomic E-state index is 0.324. The molecule has 7 nitrogen and oxygen atoms in total. The first kappa shape index (κ1) is 16.9. The first-order valence-electron chi connectivity index (χ1n) is 7.02. The molecule has 1 aromatic heterocycles. The summed E-state index contributed by atoms with van der Waals surface area (Å²) in [6.45, 7) is 3.37. The molecule has 0 aliphatic heterocycles. The third-order valence-electron chi connectivity index (χ3n) is 3.09. The number of carbonyl (C=O) groups excluding carboxylic acids is 2. The molecule has 8 heteroatoms. The molecule has 2 aromatic rings. The molecule has 0 radical (unpaired) electrons. The van der Waals surface area contributed by atoms with Crippen LogP contribution in [0.3, 0.4) is 0 Å². The van der Waals surface area contributed by atoms with Crippen molar-refractivity contribution in [1.82, 2.24) is 9.59 Å². The number of nitrogens with zero attached hydrogens (tertiary/aromatic N) is 2. The van der Waals surface area contributed by atoms with Crippen LogP contribution in [0.1, 0.15) is 29.2 Å². The maximum atomic E-state index is 12.2. The van der Waals surface area contributed by atoms with Gasteiger partial charge >= 0.3 is 5.97 Å². The summed E-state index contributed by atoms with van der Waals surface area (Å²) in [7, 11) is 1.51. The van der Waals surface area contributed by atoms with Gasteiger partial charge in [-0.15, -0.1) is 5.10 Å². The lowest BCUT2D eigenvalue weighted by Crippen LogP contribution is -2.30. The Morgan fingerprint density at radius 2 is 2.09 bits per heavy atom. The minimum atomic E-state index is -0.959. The smallest absolute Gasteiger partial charge is 0.352 e. The molecule has 0 fully saturated rings. The van der Waals surface area contributed by atoms with E-state index in [0.717, 1.165) is 11.5 Å². The van der Waals surface area contributed by atoms with Gasteiger partial charge in [0.05, 0.1) is 18.5 Å². The molecule has 0 aliphatic rings. The first-order chi connectivity index (χ1) is 11.1. The Labute approximate surface area is 137 Å². The van der Waals surface area contributed by atoms with Crippen molar-refractivity contribution in [1.29, 1.82) is 0 Å². The van der Waals surface area contributed by atoms with Gasteiger partial charge in [-0.2, -0.15) is 0 Å². The molecule has 1 aromatic carbocycles. The molecule has 0 saturated carbocycles. The molecule has 122 valence electrons. The predicted octanol–water partition coefficient (Wildman–Crippen LogP) is 2.29. The van der Waals surface area contributed by atoms with Crippen LogP contribution >= 0.6 is 11.5 Å². The Balaban J connectivity index is 2.01. The quantitative estimate of drug-likeness (QED) is 0.815. The fourth-order valence-electron chi connectivity index (χ4n) is 1.84. The SMILES string of the molecule is CCc1nnsc1C(=O)O[C@H](C)C(=O)Nc1ccccc1OC. The normalized spacial score (nSPS) is 11.6. The van der Waals surface area contributed by atoms with E-state index in [-0.39, 0.29) is 0 Å². The highest BCUT2D eigenvalue weighted by Gasteiger charge is 2.23. The van der Waals surface area contributed by atoms with Gasteiger partial charge in [0.25, 0.3) is 5.91 Å². The number of hydrogen-bond donors (Lipinski definition) is 1. The number of aromatic nitrogens is 2. The molecule has 1 heterocycles. The maximum absolute atomic E-state index is 12.2. The van der Waals surface area contributed by atoms with Crippen molar-refractivity contribution in [3.05, 3.63) is 34.8 Å². The summed E-state index contributed by atoms with van der Waals surface area (Å²) in [5.74, 6) is -0.516. The maximum Gasteiger partial charge on any atom is 0.352 e. The van der Waals surface area contributed by atoms with Gasteiger partial charge in [-0.3, -0.25) is 4.79 Å². The Hall–Kier alpha value is -2.48. The first-order valence-corrected chi connectivity index (χ1v) is 7.80. The Bertz CT molecular complexity index is 702. The van der Waals surface area contributed by atoms with Crippen molar-refractivity contribution in [3.63, 3.8) is 0 Å². The van der Waals surface area contributed by atoms with Crippen LogP contribution < -0.4 is 10.1 Å². The van der Waals surface area contributed by atoms with Gasteiger partial charge in [0.2, 0.25) is 0 Å². The second kappa shape index (κ2) is 7.68. The Kier molecular flexibility index (Phi) is 5.64. The highest BCUT2D eigenvalue weighted by atomic mass is 32.1. The molecule has 0 spiro atoms. The number of hydrogen-bond acceptors (Lipinski definition) is 7. The number of nitrogens with one attached hydrogen (secondary N) is 1. The van der Waals surface area contributed by atoms with Gasteiger partial charge in [-0.25, -0.2) is 4.79 Å². The molecule has 0 saturated heterocycles. The fourth-order valence-corrected chi connectivity index (χ4v) is 2.48. The average molecular weight is 335 g/mol. The van der Waals surface area contributed by atoms with Crippen LogP contribution in [0, 0.1) is 0 Å². The highest BCUT2D eigenvalue weighted by Crippen LogP contribution is 2.23. The summed E-state index contributed by atoms with van der Waals surface area (Å²) in [6.07, 6.45) is -0.387. The number of carbonyl (C=O) groups is 2. The molecule has 1 atom stereocenters. The summed E-state index contributed by atoms with van der Waals surface area (Å²) < 4.78 is 14.1. The third kappa shape index (κ3) is 4.04. The van der Waals surface area contributed by atoms with Crippen LogP contribution in [-0.4, -0.2) is 34.7 Å². The van der Waals surface area contributed by atoms with Crippen molar-refractivity contribution in [2.45, 2.75) is 26.4 Å². The summed E-state index contributed by atoms with van der Waals surface area (Å²) >= 11 is 0.959. The molecule has 2 rings (SSSR count). The molecule has 0 bridgehead atoms. The van der Waals surface area contributed by atoms with E-state index >= 15 is 0 Å². The van der Waals surface area contributed by atoms with Gasteiger partial charge in [-0.1, -0.05) is 23.5 Å². The number of amides is 1. The van der Waals surface area contributed by atoms with Crippen LogP contribution in [0.15, 0.2) is 24.3 Å². The fraction of sp³-hybridized carbons (Fsp3) is 0.333. The largest absolute Gasteiger partial charge is 0.495 e. The Morgan fingerprint density at radius 3 is 2.78 bits per heavy atom. The van der Waals surface area contributed by atoms with Gasteiger partial charge in [0, 0.05) is 0 Å². The third-order valence-corrected chi connectivity index (χ3v) is 3.84. The van der Waals surface area contributed by atoms with E-state index in [4.69, 9.17) is 9.47 Å². The van der Waals surface area contributed by atoms with Gasteiger partial charge in [0.15, 0.2) is 11.0 Å². The van der Waals surface area contributed by atoms with E-state index < -0.39 is 18.0 Å². The van der Waals surface area contributed by atoms with Crippen LogP contribution in [0.5, 0.6) is 5.75 Å². The number of ether oxygens (including phenoxy) is 2. The van der Waals surface area contributed by atoms with Crippen molar-refractivity contribution in [2.75, 3.05) is 12.4 Å². The van der Waals surface area contributed by atoms with Crippen molar-refractivity contribution in [2.24, 2.45) is 0 Å². The molecular weight excluding hydrogens is 318 g/mol. The monoisotopic (exact) mass is 335 g/mol. The molecule has 1 amide bonds. The van der Waals surface area contributed by atoms with Crippen molar-refractivity contribution < 1.29 is 19.1 Å². The topological polar surface area (TPSA) is 90.4 Å². The van der Waals surface area contributed by atoms with Crippen LogP contribution in [0.25, 0.3) is 0 Å². The highest BCUT2D eigenvalue weighted by molar-refractivity contribution is 7.07. The Morgan fingerprint density at radius 1 is 1.35 bits per heavy atom. The van der Waals surface area contributed by atoms with E-state index in [0.29, 0.717) is 28.4 Å².